The number of hydrogen-bond acceptors (Lipinski definition) is 4. The minimum atomic E-state index is -4.81. The Morgan fingerprint density at radius 3 is 2.39 bits per heavy atom. The van der Waals surface area contributed by atoms with E-state index >= 15 is 0 Å². The Labute approximate surface area is 163 Å². The Kier molecular flexibility index (Phi) is 6.05. The normalized spacial score (nSPS) is 24.7. The molecule has 0 bridgehead atoms. The third-order valence-corrected chi connectivity index (χ3v) is 8.08. The predicted octanol–water partition coefficient (Wildman–Crippen LogP) is 3.26. The van der Waals surface area contributed by atoms with E-state index in [1.165, 1.54) is 6.07 Å². The molecule has 5 nitrogen and oxygen atoms in total. The second-order valence-corrected chi connectivity index (χ2v) is 9.82. The Hall–Kier alpha value is -1.61. The maximum absolute atomic E-state index is 13.5. The fourth-order valence-corrected chi connectivity index (χ4v) is 6.21. The van der Waals surface area contributed by atoms with Gasteiger partial charge in [0.15, 0.2) is 4.87 Å². The van der Waals surface area contributed by atoms with Crippen molar-refractivity contribution in [2.24, 2.45) is 5.92 Å². The fraction of sp³-hybridized carbons (Fsp3) is 0.632. The van der Waals surface area contributed by atoms with Crippen molar-refractivity contribution in [2.45, 2.75) is 60.9 Å². The van der Waals surface area contributed by atoms with Crippen LogP contribution in [0.5, 0.6) is 0 Å². The molecule has 1 aliphatic heterocycles. The molecule has 2 aliphatic rings. The molecule has 3 rings (SSSR count). The lowest BCUT2D eigenvalue weighted by Gasteiger charge is -2.39. The second kappa shape index (κ2) is 8.02. The molecule has 2 N–H and O–H groups in total. The first-order valence-corrected chi connectivity index (χ1v) is 11.1. The average molecular weight is 418 g/mol. The maximum Gasteiger partial charge on any atom is 0.417 e. The van der Waals surface area contributed by atoms with Gasteiger partial charge >= 0.3 is 6.18 Å². The van der Waals surface area contributed by atoms with Gasteiger partial charge in [-0.25, -0.2) is 8.42 Å². The molecule has 0 spiro atoms. The Bertz CT molecular complexity index is 812. The van der Waals surface area contributed by atoms with Gasteiger partial charge in [-0.15, -0.1) is 0 Å². The number of carbonyl (C=O) groups excluding carboxylic acids is 1. The van der Waals surface area contributed by atoms with Crippen LogP contribution in [-0.4, -0.2) is 32.3 Å². The van der Waals surface area contributed by atoms with E-state index in [0.29, 0.717) is 25.8 Å². The maximum atomic E-state index is 13.5. The van der Waals surface area contributed by atoms with Gasteiger partial charge in [0.2, 0.25) is 15.7 Å². The lowest BCUT2D eigenvalue weighted by molar-refractivity contribution is -0.139. The smallest absolute Gasteiger partial charge is 0.335 e. The summed E-state index contributed by atoms with van der Waals surface area (Å²) >= 11 is 0. The number of rotatable bonds is 4. The zero-order valence-electron chi connectivity index (χ0n) is 15.5. The van der Waals surface area contributed by atoms with E-state index in [1.54, 1.807) is 0 Å². The van der Waals surface area contributed by atoms with E-state index in [2.05, 4.69) is 10.6 Å². The van der Waals surface area contributed by atoms with Gasteiger partial charge in [0, 0.05) is 12.5 Å². The van der Waals surface area contributed by atoms with Crippen LogP contribution in [0.1, 0.15) is 50.5 Å². The zero-order chi connectivity index (χ0) is 20.4. The van der Waals surface area contributed by atoms with Crippen molar-refractivity contribution in [1.82, 2.24) is 10.6 Å². The molecule has 156 valence electrons. The molecular weight excluding hydrogens is 393 g/mol. The second-order valence-electron chi connectivity index (χ2n) is 7.60. The summed E-state index contributed by atoms with van der Waals surface area (Å²) in [5.41, 5.74) is -1.20. The lowest BCUT2D eigenvalue weighted by Crippen LogP contribution is -2.63. The number of halogens is 3. The Morgan fingerprint density at radius 2 is 1.79 bits per heavy atom. The molecule has 1 heterocycles. The molecule has 9 heteroatoms. The van der Waals surface area contributed by atoms with Crippen LogP contribution in [0.2, 0.25) is 0 Å². The third kappa shape index (κ3) is 4.05. The number of amides is 1. The summed E-state index contributed by atoms with van der Waals surface area (Å²) in [6.07, 6.45) is -0.109. The van der Waals surface area contributed by atoms with Crippen LogP contribution in [0.3, 0.4) is 0 Å². The molecule has 1 aromatic carbocycles. The fourth-order valence-electron chi connectivity index (χ4n) is 4.12. The van der Waals surface area contributed by atoms with Gasteiger partial charge in [0.05, 0.1) is 10.5 Å². The summed E-state index contributed by atoms with van der Waals surface area (Å²) in [7, 11) is -4.49. The van der Waals surface area contributed by atoms with Gasteiger partial charge in [-0.05, 0) is 44.4 Å². The van der Waals surface area contributed by atoms with Crippen molar-refractivity contribution in [1.29, 1.82) is 0 Å². The quantitative estimate of drug-likeness (QED) is 0.787. The van der Waals surface area contributed by atoms with Gasteiger partial charge in [0.1, 0.15) is 0 Å². The van der Waals surface area contributed by atoms with Crippen LogP contribution < -0.4 is 10.6 Å². The summed E-state index contributed by atoms with van der Waals surface area (Å²) in [4.78, 5) is 10.2. The van der Waals surface area contributed by atoms with Crippen molar-refractivity contribution in [3.63, 3.8) is 0 Å². The summed E-state index contributed by atoms with van der Waals surface area (Å²) in [5.74, 6) is -0.669. The largest absolute Gasteiger partial charge is 0.417 e. The Morgan fingerprint density at radius 1 is 1.11 bits per heavy atom. The number of carbonyl (C=O) groups is 1. The van der Waals surface area contributed by atoms with Crippen molar-refractivity contribution in [3.05, 3.63) is 29.8 Å². The van der Waals surface area contributed by atoms with Gasteiger partial charge in [-0.3, -0.25) is 4.79 Å². The average Bonchev–Trinajstić information content (AvgIpc) is 2.68. The van der Waals surface area contributed by atoms with Crippen LogP contribution >= 0.6 is 0 Å². The molecule has 2 fully saturated rings. The third-order valence-electron chi connectivity index (χ3n) is 5.67. The molecule has 1 saturated carbocycles. The van der Waals surface area contributed by atoms with E-state index in [1.807, 2.05) is 0 Å². The van der Waals surface area contributed by atoms with E-state index in [-0.39, 0.29) is 24.8 Å². The first kappa shape index (κ1) is 21.1. The van der Waals surface area contributed by atoms with Crippen molar-refractivity contribution in [3.8, 4) is 0 Å². The molecule has 1 aromatic rings. The van der Waals surface area contributed by atoms with E-state index in [0.717, 1.165) is 37.5 Å². The number of piperidine rings is 1. The molecule has 0 unspecified atom stereocenters. The minimum Gasteiger partial charge on any atom is -0.335 e. The number of benzene rings is 1. The SMILES string of the molecule is O=C(N[C@]1(S(=O)(=O)c2ccccc2C(F)(F)F)CCCNC1)C1CCCCC1. The summed E-state index contributed by atoms with van der Waals surface area (Å²) in [6, 6.07) is 4.17. The van der Waals surface area contributed by atoms with Crippen LogP contribution in [-0.2, 0) is 20.8 Å². The van der Waals surface area contributed by atoms with E-state index in [9.17, 15) is 26.4 Å². The van der Waals surface area contributed by atoms with E-state index < -0.39 is 31.3 Å². The molecule has 1 saturated heterocycles. The Balaban J connectivity index is 2.00. The predicted molar refractivity (Wildman–Crippen MR) is 98.2 cm³/mol. The molecule has 0 aromatic heterocycles. The van der Waals surface area contributed by atoms with Crippen molar-refractivity contribution in [2.75, 3.05) is 13.1 Å². The standard InChI is InChI=1S/C19H25F3N2O3S/c20-19(21,22)15-9-4-5-10-16(15)28(26,27)18(11-6-12-23-13-18)24-17(25)14-7-2-1-3-8-14/h4-5,9-10,14,23H,1-3,6-8,11-13H2,(H,24,25)/t18-/m0/s1. The van der Waals surface area contributed by atoms with Gasteiger partial charge in [-0.2, -0.15) is 13.2 Å². The summed E-state index contributed by atoms with van der Waals surface area (Å²) < 4.78 is 67.3. The van der Waals surface area contributed by atoms with E-state index in [4.69, 9.17) is 0 Å². The summed E-state index contributed by atoms with van der Waals surface area (Å²) in [6.45, 7) is 0.442. The molecule has 0 radical (unpaired) electrons. The number of nitrogens with one attached hydrogen (secondary N) is 2. The highest BCUT2D eigenvalue weighted by molar-refractivity contribution is 7.93. The van der Waals surface area contributed by atoms with Gasteiger partial charge < -0.3 is 10.6 Å². The van der Waals surface area contributed by atoms with Gasteiger partial charge in [-0.1, -0.05) is 31.4 Å². The molecule has 1 amide bonds. The van der Waals surface area contributed by atoms with Crippen LogP contribution in [0.25, 0.3) is 0 Å². The van der Waals surface area contributed by atoms with Crippen molar-refractivity contribution >= 4 is 15.7 Å². The molecule has 1 atom stereocenters. The number of alkyl halides is 3. The minimum absolute atomic E-state index is 0.0764. The molecule has 28 heavy (non-hydrogen) atoms. The monoisotopic (exact) mass is 418 g/mol. The molecule has 1 aliphatic carbocycles. The topological polar surface area (TPSA) is 75.3 Å². The van der Waals surface area contributed by atoms with Crippen LogP contribution in [0, 0.1) is 5.92 Å². The highest BCUT2D eigenvalue weighted by Crippen LogP contribution is 2.39. The zero-order valence-corrected chi connectivity index (χ0v) is 16.3. The van der Waals surface area contributed by atoms with Crippen LogP contribution in [0.15, 0.2) is 29.2 Å². The van der Waals surface area contributed by atoms with Gasteiger partial charge in [0.25, 0.3) is 0 Å². The highest BCUT2D eigenvalue weighted by atomic mass is 32.2. The van der Waals surface area contributed by atoms with Crippen molar-refractivity contribution < 1.29 is 26.4 Å². The number of sulfone groups is 1. The summed E-state index contributed by atoms with van der Waals surface area (Å²) in [5, 5.41) is 5.61. The first-order valence-electron chi connectivity index (χ1n) is 9.61. The van der Waals surface area contributed by atoms with Crippen LogP contribution in [0.4, 0.5) is 13.2 Å². The highest BCUT2D eigenvalue weighted by Gasteiger charge is 2.50. The number of hydrogen-bond donors (Lipinski definition) is 2. The lowest BCUT2D eigenvalue weighted by atomic mass is 9.88. The molecular formula is C19H25F3N2O3S. The first-order chi connectivity index (χ1) is 13.2.